The minimum Gasteiger partial charge on any atom is -0.398 e. The second kappa shape index (κ2) is 3.62. The number of benzene rings is 1. The van der Waals surface area contributed by atoms with Crippen LogP contribution in [0.1, 0.15) is 36.4 Å². The predicted molar refractivity (Wildman–Crippen MR) is 59.9 cm³/mol. The Morgan fingerprint density at radius 1 is 1.36 bits per heavy atom. The van der Waals surface area contributed by atoms with E-state index in [1.165, 1.54) is 24.8 Å². The number of hydrogen-bond donors (Lipinski definition) is 2. The monoisotopic (exact) mass is 190 g/mol. The van der Waals surface area contributed by atoms with Crippen LogP contribution in [0.4, 0.5) is 5.69 Å². The van der Waals surface area contributed by atoms with E-state index >= 15 is 0 Å². The maximum absolute atomic E-state index is 6.22. The second-order valence-corrected chi connectivity index (χ2v) is 4.29. The highest BCUT2D eigenvalue weighted by atomic mass is 14.7. The van der Waals surface area contributed by atoms with E-state index in [1.54, 1.807) is 0 Å². The Morgan fingerprint density at radius 3 is 2.57 bits per heavy atom. The Hall–Kier alpha value is -1.02. The lowest BCUT2D eigenvalue weighted by atomic mass is 9.76. The van der Waals surface area contributed by atoms with Crippen LogP contribution in [0, 0.1) is 12.8 Å². The lowest BCUT2D eigenvalue weighted by molar-refractivity contribution is 0.264. The van der Waals surface area contributed by atoms with Crippen molar-refractivity contribution >= 4 is 5.69 Å². The standard InChI is InChI=1S/C12H18N2/c1-8-4-2-7-10(13)11(8)12(14)9-5-3-6-9/h2,4,7,9,12H,3,5-6,13-14H2,1H3/t12-/m1/s1. The van der Waals surface area contributed by atoms with Gasteiger partial charge in [0.15, 0.2) is 0 Å². The molecule has 1 aromatic carbocycles. The molecule has 0 aliphatic heterocycles. The number of nitrogens with two attached hydrogens (primary N) is 2. The van der Waals surface area contributed by atoms with Gasteiger partial charge in [0, 0.05) is 11.7 Å². The molecule has 2 nitrogen and oxygen atoms in total. The zero-order valence-electron chi connectivity index (χ0n) is 8.66. The molecular formula is C12H18N2. The fourth-order valence-corrected chi connectivity index (χ4v) is 2.19. The van der Waals surface area contributed by atoms with E-state index in [2.05, 4.69) is 13.0 Å². The van der Waals surface area contributed by atoms with E-state index in [9.17, 15) is 0 Å². The minimum atomic E-state index is 0.143. The molecule has 1 aromatic rings. The molecule has 0 spiro atoms. The topological polar surface area (TPSA) is 52.0 Å². The Balaban J connectivity index is 2.29. The van der Waals surface area contributed by atoms with Crippen molar-refractivity contribution in [2.45, 2.75) is 32.2 Å². The summed E-state index contributed by atoms with van der Waals surface area (Å²) in [5.74, 6) is 0.651. The van der Waals surface area contributed by atoms with E-state index in [0.717, 1.165) is 11.3 Å². The average Bonchev–Trinajstić information content (AvgIpc) is 2.00. The third kappa shape index (κ3) is 1.50. The molecule has 2 rings (SSSR count). The molecule has 1 aliphatic rings. The molecule has 0 unspecified atom stereocenters. The molecule has 0 saturated heterocycles. The van der Waals surface area contributed by atoms with Crippen molar-refractivity contribution in [3.05, 3.63) is 29.3 Å². The van der Waals surface area contributed by atoms with Gasteiger partial charge >= 0.3 is 0 Å². The molecule has 1 fully saturated rings. The average molecular weight is 190 g/mol. The SMILES string of the molecule is Cc1cccc(N)c1[C@H](N)C1CCC1. The van der Waals surface area contributed by atoms with Gasteiger partial charge in [-0.2, -0.15) is 0 Å². The predicted octanol–water partition coefficient (Wildman–Crippen LogP) is 2.38. The molecule has 4 N–H and O–H groups in total. The highest BCUT2D eigenvalue weighted by molar-refractivity contribution is 5.52. The van der Waals surface area contributed by atoms with Crippen molar-refractivity contribution in [3.63, 3.8) is 0 Å². The number of rotatable bonds is 2. The van der Waals surface area contributed by atoms with Crippen LogP contribution in [-0.2, 0) is 0 Å². The Labute approximate surface area is 85.3 Å². The first-order valence-corrected chi connectivity index (χ1v) is 5.30. The first-order chi connectivity index (χ1) is 6.70. The molecule has 2 heteroatoms. The molecule has 0 heterocycles. The molecule has 76 valence electrons. The molecule has 1 saturated carbocycles. The van der Waals surface area contributed by atoms with Crippen LogP contribution < -0.4 is 11.5 Å². The summed E-state index contributed by atoms with van der Waals surface area (Å²) in [6, 6.07) is 6.16. The van der Waals surface area contributed by atoms with E-state index in [1.807, 2.05) is 12.1 Å². The number of hydrogen-bond acceptors (Lipinski definition) is 2. The number of nitrogen functional groups attached to an aromatic ring is 1. The molecule has 1 atom stereocenters. The lowest BCUT2D eigenvalue weighted by Gasteiger charge is -2.32. The van der Waals surface area contributed by atoms with Crippen LogP contribution in [0.3, 0.4) is 0 Å². The van der Waals surface area contributed by atoms with Gasteiger partial charge in [-0.1, -0.05) is 18.6 Å². The largest absolute Gasteiger partial charge is 0.398 e. The highest BCUT2D eigenvalue weighted by Crippen LogP contribution is 2.38. The Kier molecular flexibility index (Phi) is 2.46. The molecule has 0 aromatic heterocycles. The zero-order valence-corrected chi connectivity index (χ0v) is 8.66. The van der Waals surface area contributed by atoms with E-state index < -0.39 is 0 Å². The third-order valence-corrected chi connectivity index (χ3v) is 3.35. The lowest BCUT2D eigenvalue weighted by Crippen LogP contribution is -2.28. The van der Waals surface area contributed by atoms with Gasteiger partial charge in [-0.3, -0.25) is 0 Å². The normalized spacial score (nSPS) is 19.0. The molecule has 0 amide bonds. The first kappa shape index (κ1) is 9.53. The van der Waals surface area contributed by atoms with Crippen LogP contribution in [0.15, 0.2) is 18.2 Å². The van der Waals surface area contributed by atoms with Gasteiger partial charge in [-0.15, -0.1) is 0 Å². The van der Waals surface area contributed by atoms with Crippen LogP contribution in [0.2, 0.25) is 0 Å². The summed E-state index contributed by atoms with van der Waals surface area (Å²) < 4.78 is 0. The molecule has 14 heavy (non-hydrogen) atoms. The van der Waals surface area contributed by atoms with Gasteiger partial charge in [0.05, 0.1) is 0 Å². The summed E-state index contributed by atoms with van der Waals surface area (Å²) in [5.41, 5.74) is 15.4. The van der Waals surface area contributed by atoms with Crippen LogP contribution in [0.5, 0.6) is 0 Å². The number of anilines is 1. The van der Waals surface area contributed by atoms with E-state index in [0.29, 0.717) is 5.92 Å². The van der Waals surface area contributed by atoms with Gasteiger partial charge in [-0.05, 0) is 42.9 Å². The maximum Gasteiger partial charge on any atom is 0.0365 e. The van der Waals surface area contributed by atoms with Gasteiger partial charge in [0.25, 0.3) is 0 Å². The van der Waals surface area contributed by atoms with E-state index in [-0.39, 0.29) is 6.04 Å². The van der Waals surface area contributed by atoms with Crippen LogP contribution in [-0.4, -0.2) is 0 Å². The summed E-state index contributed by atoms with van der Waals surface area (Å²) in [5, 5.41) is 0. The Bertz CT molecular complexity index is 309. The quantitative estimate of drug-likeness (QED) is 0.703. The second-order valence-electron chi connectivity index (χ2n) is 4.29. The minimum absolute atomic E-state index is 0.143. The molecule has 1 aliphatic carbocycles. The summed E-state index contributed by atoms with van der Waals surface area (Å²) >= 11 is 0. The summed E-state index contributed by atoms with van der Waals surface area (Å²) in [6.45, 7) is 2.09. The van der Waals surface area contributed by atoms with Crippen LogP contribution >= 0.6 is 0 Å². The van der Waals surface area contributed by atoms with Crippen molar-refractivity contribution in [1.29, 1.82) is 0 Å². The van der Waals surface area contributed by atoms with Gasteiger partial charge in [0.2, 0.25) is 0 Å². The van der Waals surface area contributed by atoms with Crippen molar-refractivity contribution < 1.29 is 0 Å². The van der Waals surface area contributed by atoms with Gasteiger partial charge in [0.1, 0.15) is 0 Å². The smallest absolute Gasteiger partial charge is 0.0365 e. The zero-order chi connectivity index (χ0) is 10.1. The fraction of sp³-hybridized carbons (Fsp3) is 0.500. The molecular weight excluding hydrogens is 172 g/mol. The summed E-state index contributed by atoms with van der Waals surface area (Å²) in [6.07, 6.45) is 3.84. The molecule has 0 radical (unpaired) electrons. The first-order valence-electron chi connectivity index (χ1n) is 5.30. The summed E-state index contributed by atoms with van der Waals surface area (Å²) in [4.78, 5) is 0. The third-order valence-electron chi connectivity index (χ3n) is 3.35. The molecule has 0 bridgehead atoms. The Morgan fingerprint density at radius 2 is 2.07 bits per heavy atom. The van der Waals surface area contributed by atoms with Crippen molar-refractivity contribution in [2.75, 3.05) is 5.73 Å². The number of aryl methyl sites for hydroxylation is 1. The van der Waals surface area contributed by atoms with Crippen LogP contribution in [0.25, 0.3) is 0 Å². The highest BCUT2D eigenvalue weighted by Gasteiger charge is 2.27. The summed E-state index contributed by atoms with van der Waals surface area (Å²) in [7, 11) is 0. The maximum atomic E-state index is 6.22. The fourth-order valence-electron chi connectivity index (χ4n) is 2.19. The van der Waals surface area contributed by atoms with Crippen molar-refractivity contribution in [1.82, 2.24) is 0 Å². The van der Waals surface area contributed by atoms with Gasteiger partial charge < -0.3 is 11.5 Å². The van der Waals surface area contributed by atoms with Crippen molar-refractivity contribution in [3.8, 4) is 0 Å². The van der Waals surface area contributed by atoms with E-state index in [4.69, 9.17) is 11.5 Å². The van der Waals surface area contributed by atoms with Crippen molar-refractivity contribution in [2.24, 2.45) is 11.7 Å². The van der Waals surface area contributed by atoms with Gasteiger partial charge in [-0.25, -0.2) is 0 Å².